The van der Waals surface area contributed by atoms with Crippen LogP contribution in [0.2, 0.25) is 0 Å². The van der Waals surface area contributed by atoms with Crippen molar-refractivity contribution < 1.29 is 8.42 Å². The van der Waals surface area contributed by atoms with Crippen molar-refractivity contribution in [3.8, 4) is 0 Å². The number of benzene rings is 1. The lowest BCUT2D eigenvalue weighted by Crippen LogP contribution is -2.37. The highest BCUT2D eigenvalue weighted by atomic mass is 79.9. The summed E-state index contributed by atoms with van der Waals surface area (Å²) < 4.78 is 26.9. The van der Waals surface area contributed by atoms with Gasteiger partial charge in [-0.1, -0.05) is 28.1 Å². The van der Waals surface area contributed by atoms with E-state index in [2.05, 4.69) is 31.9 Å². The van der Waals surface area contributed by atoms with E-state index in [0.717, 1.165) is 12.8 Å². The number of rotatable bonds is 4. The highest BCUT2D eigenvalue weighted by Crippen LogP contribution is 2.35. The molecule has 6 heteroatoms. The third kappa shape index (κ3) is 2.98. The summed E-state index contributed by atoms with van der Waals surface area (Å²) in [5.41, 5.74) is 0. The molecule has 2 rings (SSSR count). The largest absolute Gasteiger partial charge is 0.243 e. The predicted octanol–water partition coefficient (Wildman–Crippen LogP) is 3.24. The minimum Gasteiger partial charge on any atom is -0.207 e. The average molecular weight is 397 g/mol. The Morgan fingerprint density at radius 2 is 1.94 bits per heavy atom. The van der Waals surface area contributed by atoms with Crippen molar-refractivity contribution in [1.82, 2.24) is 4.31 Å². The first kappa shape index (κ1) is 14.5. The molecular weight excluding hydrogens is 382 g/mol. The average Bonchev–Trinajstić information content (AvgIpc) is 2.27. The van der Waals surface area contributed by atoms with Gasteiger partial charge in [-0.05, 0) is 46.8 Å². The van der Waals surface area contributed by atoms with Crippen LogP contribution in [0.25, 0.3) is 0 Å². The Morgan fingerprint density at radius 1 is 1.33 bits per heavy atom. The maximum absolute atomic E-state index is 12.4. The summed E-state index contributed by atoms with van der Waals surface area (Å²) in [5.74, 6) is 0.469. The van der Waals surface area contributed by atoms with Gasteiger partial charge in [-0.15, -0.1) is 0 Å². The molecule has 0 aromatic heterocycles. The Hall–Kier alpha value is 0.0900. The molecule has 3 nitrogen and oxygen atoms in total. The van der Waals surface area contributed by atoms with Crippen LogP contribution in [0.1, 0.15) is 12.8 Å². The van der Waals surface area contributed by atoms with Crippen molar-refractivity contribution >= 4 is 41.9 Å². The van der Waals surface area contributed by atoms with E-state index in [0.29, 0.717) is 26.7 Å². The summed E-state index contributed by atoms with van der Waals surface area (Å²) in [7, 11) is -1.74. The fourth-order valence-corrected chi connectivity index (χ4v) is 5.35. The Kier molecular flexibility index (Phi) is 4.52. The Bertz CT molecular complexity index is 527. The van der Waals surface area contributed by atoms with Crippen molar-refractivity contribution in [1.29, 1.82) is 0 Å². The van der Waals surface area contributed by atoms with E-state index in [9.17, 15) is 8.42 Å². The normalized spacial score (nSPS) is 24.0. The van der Waals surface area contributed by atoms with Gasteiger partial charge in [-0.2, -0.15) is 0 Å². The molecule has 18 heavy (non-hydrogen) atoms. The lowest BCUT2D eigenvalue weighted by molar-refractivity contribution is 0.275. The number of nitrogens with zero attached hydrogens (tertiary/aromatic N) is 1. The monoisotopic (exact) mass is 395 g/mol. The van der Waals surface area contributed by atoms with Crippen LogP contribution in [0.5, 0.6) is 0 Å². The molecule has 0 radical (unpaired) electrons. The number of sulfonamides is 1. The number of halogens is 2. The second-order valence-electron chi connectivity index (χ2n) is 4.65. The fourth-order valence-electron chi connectivity index (χ4n) is 2.09. The summed E-state index contributed by atoms with van der Waals surface area (Å²) in [5, 5.41) is 0. The molecule has 1 aliphatic rings. The molecule has 1 saturated carbocycles. The Labute approximate surface area is 125 Å². The number of hydrogen-bond acceptors (Lipinski definition) is 2. The molecule has 0 N–H and O–H groups in total. The zero-order valence-electron chi connectivity index (χ0n) is 10.0. The molecule has 0 spiro atoms. The molecule has 100 valence electrons. The fraction of sp³-hybridized carbons (Fsp3) is 0.500. The predicted molar refractivity (Wildman–Crippen MR) is 79.4 cm³/mol. The minimum atomic E-state index is -3.39. The van der Waals surface area contributed by atoms with E-state index in [1.807, 2.05) is 6.07 Å². The summed E-state index contributed by atoms with van der Waals surface area (Å²) in [6, 6.07) is 6.93. The quantitative estimate of drug-likeness (QED) is 0.732. The van der Waals surface area contributed by atoms with Crippen LogP contribution in [0, 0.1) is 5.92 Å². The third-order valence-corrected chi connectivity index (χ3v) is 6.80. The maximum Gasteiger partial charge on any atom is 0.243 e. The summed E-state index contributed by atoms with van der Waals surface area (Å²) in [6.07, 6.45) is 2.10. The van der Waals surface area contributed by atoms with E-state index < -0.39 is 10.0 Å². The Morgan fingerprint density at radius 3 is 2.50 bits per heavy atom. The van der Waals surface area contributed by atoms with E-state index in [1.165, 1.54) is 4.31 Å². The minimum absolute atomic E-state index is 0.335. The lowest BCUT2D eigenvalue weighted by atomic mass is 9.85. The van der Waals surface area contributed by atoms with Gasteiger partial charge >= 0.3 is 0 Å². The zero-order chi connectivity index (χ0) is 13.3. The smallest absolute Gasteiger partial charge is 0.207 e. The SMILES string of the molecule is CN(CC1CC(Br)C1)S(=O)(=O)c1ccccc1Br. The van der Waals surface area contributed by atoms with E-state index in [4.69, 9.17) is 0 Å². The standard InChI is InChI=1S/C12H15Br2NO2S/c1-15(8-9-6-10(13)7-9)18(16,17)12-5-3-2-4-11(12)14/h2-5,9-10H,6-8H2,1H3. The highest BCUT2D eigenvalue weighted by molar-refractivity contribution is 9.10. The van der Waals surface area contributed by atoms with Gasteiger partial charge in [0.25, 0.3) is 0 Å². The first-order valence-electron chi connectivity index (χ1n) is 5.76. The lowest BCUT2D eigenvalue weighted by Gasteiger charge is -2.34. The molecular formula is C12H15Br2NO2S. The van der Waals surface area contributed by atoms with Crippen molar-refractivity contribution in [2.75, 3.05) is 13.6 Å². The van der Waals surface area contributed by atoms with Crippen molar-refractivity contribution in [2.45, 2.75) is 22.6 Å². The molecule has 0 unspecified atom stereocenters. The van der Waals surface area contributed by atoms with Crippen molar-refractivity contribution in [3.63, 3.8) is 0 Å². The summed E-state index contributed by atoms with van der Waals surface area (Å²) in [4.78, 5) is 0.893. The molecule has 0 amide bonds. The molecule has 0 atom stereocenters. The molecule has 0 heterocycles. The molecule has 0 saturated heterocycles. The maximum atomic E-state index is 12.4. The van der Waals surface area contributed by atoms with Crippen molar-refractivity contribution in [2.24, 2.45) is 5.92 Å². The Balaban J connectivity index is 2.13. The molecule has 1 aliphatic carbocycles. The van der Waals surface area contributed by atoms with E-state index in [1.54, 1.807) is 25.2 Å². The first-order chi connectivity index (χ1) is 8.41. The van der Waals surface area contributed by atoms with Gasteiger partial charge in [0.1, 0.15) is 0 Å². The second kappa shape index (κ2) is 5.61. The molecule has 0 bridgehead atoms. The van der Waals surface area contributed by atoms with Crippen LogP contribution in [-0.2, 0) is 10.0 Å². The van der Waals surface area contributed by atoms with Gasteiger partial charge in [0.05, 0.1) is 4.90 Å². The van der Waals surface area contributed by atoms with E-state index >= 15 is 0 Å². The van der Waals surface area contributed by atoms with Gasteiger partial charge in [0.15, 0.2) is 0 Å². The highest BCUT2D eigenvalue weighted by Gasteiger charge is 2.31. The molecule has 1 fully saturated rings. The summed E-state index contributed by atoms with van der Waals surface area (Å²) >= 11 is 6.82. The molecule has 0 aliphatic heterocycles. The topological polar surface area (TPSA) is 37.4 Å². The van der Waals surface area contributed by atoms with Crippen LogP contribution >= 0.6 is 31.9 Å². The van der Waals surface area contributed by atoms with Gasteiger partial charge in [-0.25, -0.2) is 12.7 Å². The van der Waals surface area contributed by atoms with Crippen LogP contribution in [-0.4, -0.2) is 31.1 Å². The van der Waals surface area contributed by atoms with Gasteiger partial charge in [0.2, 0.25) is 10.0 Å². The molecule has 1 aromatic carbocycles. The number of hydrogen-bond donors (Lipinski definition) is 0. The second-order valence-corrected chi connectivity index (χ2v) is 8.81. The van der Waals surface area contributed by atoms with Crippen LogP contribution in [0.15, 0.2) is 33.6 Å². The van der Waals surface area contributed by atoms with Crippen molar-refractivity contribution in [3.05, 3.63) is 28.7 Å². The zero-order valence-corrected chi connectivity index (χ0v) is 14.0. The number of alkyl halides is 1. The van der Waals surface area contributed by atoms with Crippen LogP contribution in [0.4, 0.5) is 0 Å². The molecule has 1 aromatic rings. The third-order valence-electron chi connectivity index (χ3n) is 3.22. The van der Waals surface area contributed by atoms with Gasteiger partial charge < -0.3 is 0 Å². The summed E-state index contributed by atoms with van der Waals surface area (Å²) in [6.45, 7) is 0.589. The first-order valence-corrected chi connectivity index (χ1v) is 8.91. The van der Waals surface area contributed by atoms with Gasteiger partial charge in [0, 0.05) is 22.9 Å². The van der Waals surface area contributed by atoms with Crippen LogP contribution < -0.4 is 0 Å². The van der Waals surface area contributed by atoms with Gasteiger partial charge in [-0.3, -0.25) is 0 Å². The van der Waals surface area contributed by atoms with Crippen LogP contribution in [0.3, 0.4) is 0 Å². The van der Waals surface area contributed by atoms with E-state index in [-0.39, 0.29) is 0 Å².